The summed E-state index contributed by atoms with van der Waals surface area (Å²) in [5.41, 5.74) is 1.12. The Balaban J connectivity index is 2.54. The number of aliphatic hydroxyl groups is 1. The summed E-state index contributed by atoms with van der Waals surface area (Å²) >= 11 is 1.59. The van der Waals surface area contributed by atoms with Crippen LogP contribution in [0.2, 0.25) is 0 Å². The molecule has 2 unspecified atom stereocenters. The molecule has 0 spiro atoms. The highest BCUT2D eigenvalue weighted by atomic mass is 32.2. The van der Waals surface area contributed by atoms with Crippen molar-refractivity contribution in [3.05, 3.63) is 22.4 Å². The van der Waals surface area contributed by atoms with Gasteiger partial charge in [-0.15, -0.1) is 0 Å². The van der Waals surface area contributed by atoms with Gasteiger partial charge in [0.1, 0.15) is 0 Å². The van der Waals surface area contributed by atoms with Crippen LogP contribution in [0.15, 0.2) is 16.8 Å². The third-order valence-corrected chi connectivity index (χ3v) is 4.95. The monoisotopic (exact) mass is 263 g/mol. The van der Waals surface area contributed by atoms with Gasteiger partial charge in [-0.05, 0) is 42.7 Å². The van der Waals surface area contributed by atoms with Gasteiger partial charge in [0, 0.05) is 6.04 Å². The summed E-state index contributed by atoms with van der Waals surface area (Å²) < 4.78 is 25.8. The van der Waals surface area contributed by atoms with Gasteiger partial charge in [0.15, 0.2) is 0 Å². The molecule has 0 bridgehead atoms. The van der Waals surface area contributed by atoms with E-state index in [1.54, 1.807) is 11.3 Å². The summed E-state index contributed by atoms with van der Waals surface area (Å²) in [6, 6.07) is 1.82. The van der Waals surface area contributed by atoms with Crippen LogP contribution in [0.3, 0.4) is 0 Å². The summed E-state index contributed by atoms with van der Waals surface area (Å²) in [5.74, 6) is 0. The molecule has 0 saturated heterocycles. The summed E-state index contributed by atoms with van der Waals surface area (Å²) in [5, 5.41) is 12.0. The van der Waals surface area contributed by atoms with Gasteiger partial charge in [-0.3, -0.25) is 0 Å². The molecule has 0 aliphatic carbocycles. The van der Waals surface area contributed by atoms with Gasteiger partial charge in [0.25, 0.3) is 0 Å². The number of nitrogens with one attached hydrogen (secondary N) is 1. The van der Waals surface area contributed by atoms with Crippen molar-refractivity contribution in [2.75, 3.05) is 6.61 Å². The van der Waals surface area contributed by atoms with Crippen LogP contribution in [0.1, 0.15) is 19.4 Å². The van der Waals surface area contributed by atoms with Crippen LogP contribution in [0.4, 0.5) is 0 Å². The molecule has 0 radical (unpaired) electrons. The maximum atomic E-state index is 11.6. The molecule has 1 aromatic heterocycles. The third-order valence-electron chi connectivity index (χ3n) is 2.27. The van der Waals surface area contributed by atoms with E-state index in [4.69, 9.17) is 5.11 Å². The Labute approximate surface area is 100 Å². The van der Waals surface area contributed by atoms with E-state index in [9.17, 15) is 8.42 Å². The minimum absolute atomic E-state index is 0.159. The van der Waals surface area contributed by atoms with Gasteiger partial charge in [0.2, 0.25) is 10.0 Å². The van der Waals surface area contributed by atoms with Crippen molar-refractivity contribution in [1.82, 2.24) is 4.72 Å². The quantitative estimate of drug-likeness (QED) is 0.804. The molecule has 1 rings (SSSR count). The van der Waals surface area contributed by atoms with Crippen LogP contribution in [0, 0.1) is 0 Å². The minimum Gasteiger partial charge on any atom is -0.395 e. The Morgan fingerprint density at radius 2 is 2.19 bits per heavy atom. The molecule has 6 heteroatoms. The van der Waals surface area contributed by atoms with Gasteiger partial charge in [0.05, 0.1) is 11.9 Å². The predicted molar refractivity (Wildman–Crippen MR) is 66.1 cm³/mol. The van der Waals surface area contributed by atoms with E-state index in [1.165, 1.54) is 6.92 Å². The topological polar surface area (TPSA) is 66.4 Å². The van der Waals surface area contributed by atoms with Crippen LogP contribution < -0.4 is 4.72 Å². The van der Waals surface area contributed by atoms with Crippen molar-refractivity contribution < 1.29 is 13.5 Å². The number of sulfonamides is 1. The first kappa shape index (κ1) is 13.6. The van der Waals surface area contributed by atoms with Crippen LogP contribution in [0.5, 0.6) is 0 Å². The number of thiophene rings is 1. The summed E-state index contributed by atoms with van der Waals surface area (Å²) in [7, 11) is -3.41. The molecule has 0 aromatic carbocycles. The van der Waals surface area contributed by atoms with E-state index in [0.717, 1.165) is 5.56 Å². The van der Waals surface area contributed by atoms with Gasteiger partial charge >= 0.3 is 0 Å². The molecular weight excluding hydrogens is 246 g/mol. The fraction of sp³-hybridized carbons (Fsp3) is 0.600. The second kappa shape index (κ2) is 5.77. The standard InChI is InChI=1S/C10H17NO3S2/c1-8(5-10-3-4-15-7-10)11-16(13,14)9(2)6-12/h3-4,7-9,11-12H,5-6H2,1-2H3. The maximum absolute atomic E-state index is 11.6. The second-order valence-corrected chi connectivity index (χ2v) is 6.80. The molecule has 0 aliphatic heterocycles. The molecule has 2 atom stereocenters. The first-order chi connectivity index (χ1) is 7.45. The molecule has 1 heterocycles. The van der Waals surface area contributed by atoms with Crippen molar-refractivity contribution in [1.29, 1.82) is 0 Å². The zero-order valence-corrected chi connectivity index (χ0v) is 11.0. The van der Waals surface area contributed by atoms with Crippen molar-refractivity contribution in [2.45, 2.75) is 31.6 Å². The molecule has 16 heavy (non-hydrogen) atoms. The molecule has 0 fully saturated rings. The van der Waals surface area contributed by atoms with E-state index in [-0.39, 0.29) is 12.6 Å². The number of hydrogen-bond acceptors (Lipinski definition) is 4. The van der Waals surface area contributed by atoms with E-state index >= 15 is 0 Å². The summed E-state index contributed by atoms with van der Waals surface area (Å²) in [6.07, 6.45) is 0.668. The zero-order valence-electron chi connectivity index (χ0n) is 9.38. The van der Waals surface area contributed by atoms with E-state index in [1.807, 2.05) is 23.8 Å². The fourth-order valence-electron chi connectivity index (χ4n) is 1.30. The fourth-order valence-corrected chi connectivity index (χ4v) is 3.05. The molecule has 1 aromatic rings. The van der Waals surface area contributed by atoms with E-state index < -0.39 is 15.3 Å². The van der Waals surface area contributed by atoms with Crippen LogP contribution in [-0.2, 0) is 16.4 Å². The molecule has 0 saturated carbocycles. The Hall–Kier alpha value is -0.430. The SMILES string of the molecule is CC(Cc1ccsc1)NS(=O)(=O)C(C)CO. The summed E-state index contributed by atoms with van der Waals surface area (Å²) in [4.78, 5) is 0. The Morgan fingerprint density at radius 1 is 1.50 bits per heavy atom. The number of hydrogen-bond donors (Lipinski definition) is 2. The smallest absolute Gasteiger partial charge is 0.216 e. The Morgan fingerprint density at radius 3 is 2.69 bits per heavy atom. The first-order valence-corrected chi connectivity index (χ1v) is 7.57. The first-order valence-electron chi connectivity index (χ1n) is 5.08. The van der Waals surface area contributed by atoms with Gasteiger partial charge in [-0.1, -0.05) is 0 Å². The predicted octanol–water partition coefficient (Wildman–Crippen LogP) is 0.979. The molecule has 4 nitrogen and oxygen atoms in total. The molecule has 0 aliphatic rings. The number of rotatable bonds is 6. The van der Waals surface area contributed by atoms with Crippen LogP contribution in [-0.4, -0.2) is 31.4 Å². The molecule has 92 valence electrons. The highest BCUT2D eigenvalue weighted by molar-refractivity contribution is 7.90. The Kier molecular flexibility index (Phi) is 4.91. The van der Waals surface area contributed by atoms with Crippen molar-refractivity contribution in [3.63, 3.8) is 0 Å². The lowest BCUT2D eigenvalue weighted by molar-refractivity contribution is 0.294. The Bertz CT molecular complexity index is 400. The molecule has 0 amide bonds. The van der Waals surface area contributed by atoms with Crippen molar-refractivity contribution >= 4 is 21.4 Å². The maximum Gasteiger partial charge on any atom is 0.216 e. The highest BCUT2D eigenvalue weighted by Crippen LogP contribution is 2.09. The van der Waals surface area contributed by atoms with Gasteiger partial charge in [-0.25, -0.2) is 13.1 Å². The molecular formula is C10H17NO3S2. The second-order valence-electron chi connectivity index (χ2n) is 3.89. The molecule has 2 N–H and O–H groups in total. The lowest BCUT2D eigenvalue weighted by Crippen LogP contribution is -2.40. The largest absolute Gasteiger partial charge is 0.395 e. The van der Waals surface area contributed by atoms with Crippen molar-refractivity contribution in [2.24, 2.45) is 0 Å². The van der Waals surface area contributed by atoms with Crippen LogP contribution >= 0.6 is 11.3 Å². The average molecular weight is 263 g/mol. The van der Waals surface area contributed by atoms with E-state index in [0.29, 0.717) is 6.42 Å². The third kappa shape index (κ3) is 3.86. The summed E-state index contributed by atoms with van der Waals surface area (Å²) in [6.45, 7) is 2.94. The van der Waals surface area contributed by atoms with Crippen molar-refractivity contribution in [3.8, 4) is 0 Å². The average Bonchev–Trinajstić information content (AvgIpc) is 2.67. The lowest BCUT2D eigenvalue weighted by Gasteiger charge is -2.16. The highest BCUT2D eigenvalue weighted by Gasteiger charge is 2.21. The zero-order chi connectivity index (χ0) is 12.2. The van der Waals surface area contributed by atoms with Gasteiger partial charge < -0.3 is 5.11 Å². The normalized spacial score (nSPS) is 15.9. The van der Waals surface area contributed by atoms with E-state index in [2.05, 4.69) is 4.72 Å². The van der Waals surface area contributed by atoms with Crippen LogP contribution in [0.25, 0.3) is 0 Å². The lowest BCUT2D eigenvalue weighted by atomic mass is 10.1. The van der Waals surface area contributed by atoms with Gasteiger partial charge in [-0.2, -0.15) is 11.3 Å². The minimum atomic E-state index is -3.41. The number of aliphatic hydroxyl groups excluding tert-OH is 1.